The lowest BCUT2D eigenvalue weighted by atomic mass is 9.94. The molecule has 3 rings (SSSR count). The van der Waals surface area contributed by atoms with Crippen LogP contribution < -0.4 is 0 Å². The van der Waals surface area contributed by atoms with Gasteiger partial charge in [0.1, 0.15) is 29.1 Å². The molecule has 0 amide bonds. The summed E-state index contributed by atoms with van der Waals surface area (Å²) in [6.45, 7) is 5.25. The van der Waals surface area contributed by atoms with Crippen LogP contribution in [0.25, 0.3) is 5.82 Å². The third kappa shape index (κ3) is 4.14. The van der Waals surface area contributed by atoms with E-state index in [9.17, 15) is 14.9 Å². The van der Waals surface area contributed by atoms with Crippen LogP contribution in [0.5, 0.6) is 0 Å². The third-order valence-corrected chi connectivity index (χ3v) is 4.98. The van der Waals surface area contributed by atoms with Crippen molar-refractivity contribution in [2.75, 3.05) is 7.11 Å². The number of nitrogens with zero attached hydrogens (tertiary/aromatic N) is 4. The Morgan fingerprint density at radius 1 is 1.38 bits per heavy atom. The van der Waals surface area contributed by atoms with Crippen LogP contribution >= 0.6 is 0 Å². The Morgan fingerprint density at radius 3 is 2.72 bits per heavy atom. The molecule has 1 fully saturated rings. The van der Waals surface area contributed by atoms with Crippen molar-refractivity contribution in [2.45, 2.75) is 44.6 Å². The molecule has 2 heterocycles. The second-order valence-electron chi connectivity index (χ2n) is 8.17. The molecule has 152 valence electrons. The zero-order valence-corrected chi connectivity index (χ0v) is 17.0. The zero-order chi connectivity index (χ0) is 21.2. The van der Waals surface area contributed by atoms with Gasteiger partial charge in [-0.05, 0) is 51.7 Å². The maximum atomic E-state index is 12.6. The molecule has 8 heteroatoms. The lowest BCUT2D eigenvalue weighted by Crippen LogP contribution is -2.30. The Hall–Kier alpha value is -3.21. The van der Waals surface area contributed by atoms with Crippen LogP contribution in [0.4, 0.5) is 0 Å². The molecule has 2 aromatic rings. The number of carbonyl (C=O) groups is 2. The number of methoxy groups -OCH3 is 1. The van der Waals surface area contributed by atoms with Crippen LogP contribution in [0.15, 0.2) is 36.9 Å². The summed E-state index contributed by atoms with van der Waals surface area (Å²) in [7, 11) is 1.32. The monoisotopic (exact) mass is 396 g/mol. The quantitative estimate of drug-likeness (QED) is 0.691. The highest BCUT2D eigenvalue weighted by atomic mass is 16.6. The average molecular weight is 396 g/mol. The highest BCUT2D eigenvalue weighted by Crippen LogP contribution is 2.57. The van der Waals surface area contributed by atoms with Gasteiger partial charge in [0.05, 0.1) is 18.9 Å². The van der Waals surface area contributed by atoms with Crippen LogP contribution in [-0.2, 0) is 24.5 Å². The molecule has 3 atom stereocenters. The number of rotatable bonds is 6. The van der Waals surface area contributed by atoms with E-state index < -0.39 is 28.9 Å². The Labute approximate surface area is 169 Å². The Morgan fingerprint density at radius 2 is 2.14 bits per heavy atom. The summed E-state index contributed by atoms with van der Waals surface area (Å²) in [5, 5.41) is 9.46. The molecule has 1 aliphatic carbocycles. The predicted molar refractivity (Wildman–Crippen MR) is 103 cm³/mol. The molecule has 0 N–H and O–H groups in total. The molecular weight excluding hydrogens is 372 g/mol. The summed E-state index contributed by atoms with van der Waals surface area (Å²) in [5.74, 6) is -1.52. The summed E-state index contributed by atoms with van der Waals surface area (Å²) in [6, 6.07) is 7.51. The van der Waals surface area contributed by atoms with Gasteiger partial charge in [0.25, 0.3) is 0 Å². The molecule has 1 aliphatic rings. The zero-order valence-electron chi connectivity index (χ0n) is 17.0. The van der Waals surface area contributed by atoms with Crippen LogP contribution in [0.3, 0.4) is 0 Å². The second-order valence-corrected chi connectivity index (χ2v) is 8.17. The van der Waals surface area contributed by atoms with E-state index in [1.807, 2.05) is 24.3 Å². The fourth-order valence-corrected chi connectivity index (χ4v) is 3.51. The predicted octanol–water partition coefficient (Wildman–Crippen LogP) is 2.57. The van der Waals surface area contributed by atoms with Crippen molar-refractivity contribution in [1.29, 1.82) is 5.26 Å². The standard InChI is InChI=1S/C21H24N4O4/c1-20(2,3)29-18(26)14(11-22)9-15-10-21(15,19(27)28-4)16-12-25(13-24-16)17-7-5-6-8-23-17/h5-8,12-15H,9-10H2,1-4H3/t14?,15-,21?/m0/s1. The molecule has 0 radical (unpaired) electrons. The van der Waals surface area contributed by atoms with E-state index in [0.717, 1.165) is 0 Å². The summed E-state index contributed by atoms with van der Waals surface area (Å²) in [5.41, 5.74) is -1.11. The number of hydrogen-bond acceptors (Lipinski definition) is 7. The van der Waals surface area contributed by atoms with Crippen LogP contribution in [0, 0.1) is 23.2 Å². The van der Waals surface area contributed by atoms with Gasteiger partial charge in [-0.15, -0.1) is 0 Å². The molecule has 1 saturated carbocycles. The van der Waals surface area contributed by atoms with E-state index in [1.54, 1.807) is 44.1 Å². The van der Waals surface area contributed by atoms with Gasteiger partial charge in [0, 0.05) is 12.4 Å². The summed E-state index contributed by atoms with van der Waals surface area (Å²) < 4.78 is 12.1. The van der Waals surface area contributed by atoms with Crippen molar-refractivity contribution in [1.82, 2.24) is 14.5 Å². The molecule has 8 nitrogen and oxygen atoms in total. The number of hydrogen-bond donors (Lipinski definition) is 0. The molecule has 2 aromatic heterocycles. The number of pyridine rings is 1. The van der Waals surface area contributed by atoms with E-state index >= 15 is 0 Å². The fraction of sp³-hybridized carbons (Fsp3) is 0.476. The smallest absolute Gasteiger partial charge is 0.323 e. The number of esters is 2. The maximum Gasteiger partial charge on any atom is 0.323 e. The van der Waals surface area contributed by atoms with E-state index in [0.29, 0.717) is 17.9 Å². The largest absolute Gasteiger partial charge is 0.468 e. The van der Waals surface area contributed by atoms with Gasteiger partial charge in [-0.25, -0.2) is 9.97 Å². The van der Waals surface area contributed by atoms with Gasteiger partial charge in [-0.1, -0.05) is 6.07 Å². The molecule has 0 spiro atoms. The van der Waals surface area contributed by atoms with Crippen molar-refractivity contribution in [2.24, 2.45) is 11.8 Å². The highest BCUT2D eigenvalue weighted by molar-refractivity contribution is 5.87. The van der Waals surface area contributed by atoms with Gasteiger partial charge in [0.15, 0.2) is 0 Å². The number of nitriles is 1. The molecule has 2 unspecified atom stereocenters. The van der Waals surface area contributed by atoms with Crippen LogP contribution in [-0.4, -0.2) is 39.2 Å². The lowest BCUT2D eigenvalue weighted by Gasteiger charge is -2.21. The maximum absolute atomic E-state index is 12.6. The minimum Gasteiger partial charge on any atom is -0.468 e. The number of aromatic nitrogens is 3. The van der Waals surface area contributed by atoms with E-state index in [2.05, 4.69) is 9.97 Å². The Balaban J connectivity index is 1.82. The van der Waals surface area contributed by atoms with Gasteiger partial charge >= 0.3 is 11.9 Å². The summed E-state index contributed by atoms with van der Waals surface area (Å²) in [4.78, 5) is 33.7. The second kappa shape index (κ2) is 7.66. The molecule has 0 bridgehead atoms. The topological polar surface area (TPSA) is 107 Å². The average Bonchev–Trinajstić information content (AvgIpc) is 3.18. The lowest BCUT2D eigenvalue weighted by molar-refractivity contribution is -0.158. The first kappa shape index (κ1) is 20.5. The SMILES string of the molecule is COC(=O)C1(c2cn(-c3ccccn3)cn2)C[C@@H]1CC(C#N)C(=O)OC(C)(C)C. The van der Waals surface area contributed by atoms with Gasteiger partial charge < -0.3 is 9.47 Å². The molecule has 29 heavy (non-hydrogen) atoms. The minimum absolute atomic E-state index is 0.205. The van der Waals surface area contributed by atoms with Crippen molar-refractivity contribution in [3.8, 4) is 11.9 Å². The third-order valence-electron chi connectivity index (χ3n) is 4.98. The van der Waals surface area contributed by atoms with Crippen molar-refractivity contribution in [3.05, 3.63) is 42.6 Å². The highest BCUT2D eigenvalue weighted by Gasteiger charge is 2.64. The molecular formula is C21H24N4O4. The number of carbonyl (C=O) groups excluding carboxylic acids is 2. The minimum atomic E-state index is -0.966. The molecule has 0 aliphatic heterocycles. The van der Waals surface area contributed by atoms with Gasteiger partial charge in [0.2, 0.25) is 0 Å². The molecule has 0 aromatic carbocycles. The van der Waals surface area contributed by atoms with Crippen LogP contribution in [0.2, 0.25) is 0 Å². The van der Waals surface area contributed by atoms with Crippen molar-refractivity contribution < 1.29 is 19.1 Å². The summed E-state index contributed by atoms with van der Waals surface area (Å²) >= 11 is 0. The number of ether oxygens (including phenoxy) is 2. The van der Waals surface area contributed by atoms with Gasteiger partial charge in [-0.2, -0.15) is 5.26 Å². The molecule has 0 saturated heterocycles. The Bertz CT molecular complexity index is 942. The fourth-order valence-electron chi connectivity index (χ4n) is 3.51. The number of imidazole rings is 1. The first-order valence-electron chi connectivity index (χ1n) is 9.38. The normalized spacial score (nSPS) is 21.7. The van der Waals surface area contributed by atoms with Gasteiger partial charge in [-0.3, -0.25) is 14.2 Å². The summed E-state index contributed by atoms with van der Waals surface area (Å²) in [6.07, 6.45) is 5.67. The van der Waals surface area contributed by atoms with Crippen LogP contribution in [0.1, 0.15) is 39.3 Å². The van der Waals surface area contributed by atoms with Crippen molar-refractivity contribution >= 4 is 11.9 Å². The first-order chi connectivity index (χ1) is 13.7. The van der Waals surface area contributed by atoms with Crippen molar-refractivity contribution in [3.63, 3.8) is 0 Å². The van der Waals surface area contributed by atoms with E-state index in [1.165, 1.54) is 7.11 Å². The van der Waals surface area contributed by atoms with E-state index in [-0.39, 0.29) is 12.3 Å². The Kier molecular flexibility index (Phi) is 5.42. The first-order valence-corrected chi connectivity index (χ1v) is 9.38. The van der Waals surface area contributed by atoms with E-state index in [4.69, 9.17) is 9.47 Å².